The number of guanidine groups is 2. The number of rotatable bonds is 19. The molecule has 0 bridgehead atoms. The van der Waals surface area contributed by atoms with Crippen molar-refractivity contribution in [3.8, 4) is 0 Å². The monoisotopic (exact) mass is 648 g/mol. The Morgan fingerprint density at radius 1 is 0.809 bits per heavy atom. The number of aliphatic imine (C=N–C) groups is 2. The van der Waals surface area contributed by atoms with E-state index < -0.39 is 23.8 Å². The number of benzene rings is 2. The Hall–Kier alpha value is -5.27. The molecule has 0 unspecified atom stereocenters. The first-order valence-electron chi connectivity index (χ1n) is 15.4. The quantitative estimate of drug-likeness (QED) is 0.0614. The van der Waals surface area contributed by atoms with Gasteiger partial charge in [-0.1, -0.05) is 50.2 Å². The molecule has 13 N–H and O–H groups in total. The summed E-state index contributed by atoms with van der Waals surface area (Å²) in [5.41, 5.74) is 29.9. The van der Waals surface area contributed by atoms with Crippen molar-refractivity contribution in [1.82, 2.24) is 10.6 Å². The summed E-state index contributed by atoms with van der Waals surface area (Å²) in [6, 6.07) is 13.0. The Balaban J connectivity index is 2.25. The van der Waals surface area contributed by atoms with Gasteiger partial charge in [0.05, 0.1) is 11.7 Å². The minimum Gasteiger partial charge on any atom is -0.384 e. The lowest BCUT2D eigenvalue weighted by Gasteiger charge is -2.26. The highest BCUT2D eigenvalue weighted by Gasteiger charge is 2.31. The standard InChI is InChI=1S/C33H48N10O4/c1-19(2)28(43-31(47)24(15-20(3)44)5-4-14-40-32(36)37)27(45)17-25(16-21-8-12-26(13-9-21)42-33(38)39)30(46)41-18-22-6-10-23(11-7-22)29(34)35/h6-13,19,24-25,28H,4-5,14-18H2,1-3H3,(H3,34,35)(H,41,46)(H,43,47)(H4,36,37,40)(H4,38,39,42)/t24-,25-,28+/m1/s1. The van der Waals surface area contributed by atoms with Crippen LogP contribution in [-0.4, -0.2) is 53.7 Å². The van der Waals surface area contributed by atoms with E-state index >= 15 is 0 Å². The van der Waals surface area contributed by atoms with Gasteiger partial charge in [-0.25, -0.2) is 4.99 Å². The molecule has 0 aliphatic rings. The number of nitrogens with two attached hydrogens (primary N) is 5. The first-order chi connectivity index (χ1) is 22.2. The lowest BCUT2D eigenvalue weighted by atomic mass is 9.87. The van der Waals surface area contributed by atoms with Crippen molar-refractivity contribution in [2.75, 3.05) is 6.54 Å². The molecule has 0 aliphatic heterocycles. The molecule has 0 saturated carbocycles. The van der Waals surface area contributed by atoms with Crippen LogP contribution in [0.3, 0.4) is 0 Å². The maximum atomic E-state index is 13.8. The van der Waals surface area contributed by atoms with Gasteiger partial charge in [-0.2, -0.15) is 0 Å². The van der Waals surface area contributed by atoms with Crippen molar-refractivity contribution in [3.05, 3.63) is 65.2 Å². The normalized spacial score (nSPS) is 12.7. The highest BCUT2D eigenvalue weighted by molar-refractivity contribution is 5.95. The lowest BCUT2D eigenvalue weighted by molar-refractivity contribution is -0.134. The van der Waals surface area contributed by atoms with E-state index in [1.807, 2.05) is 13.8 Å². The number of Topliss-reactive ketones (excluding diaryl/α,β-unsaturated/α-hetero) is 2. The van der Waals surface area contributed by atoms with E-state index in [1.54, 1.807) is 48.5 Å². The van der Waals surface area contributed by atoms with Crippen LogP contribution in [0.2, 0.25) is 0 Å². The molecule has 0 heterocycles. The van der Waals surface area contributed by atoms with Gasteiger partial charge in [0.2, 0.25) is 11.8 Å². The molecule has 2 rings (SSSR count). The number of nitrogen functional groups attached to an aromatic ring is 1. The van der Waals surface area contributed by atoms with Gasteiger partial charge in [-0.15, -0.1) is 0 Å². The first kappa shape index (κ1) is 37.9. The van der Waals surface area contributed by atoms with Crippen molar-refractivity contribution >= 4 is 46.8 Å². The van der Waals surface area contributed by atoms with E-state index in [9.17, 15) is 19.2 Å². The zero-order chi connectivity index (χ0) is 35.1. The summed E-state index contributed by atoms with van der Waals surface area (Å²) in [6.07, 6.45) is 0.941. The van der Waals surface area contributed by atoms with Crippen molar-refractivity contribution in [2.45, 2.75) is 65.5 Å². The molecule has 0 spiro atoms. The molecule has 0 saturated heterocycles. The van der Waals surface area contributed by atoms with Crippen LogP contribution in [0.25, 0.3) is 0 Å². The third-order valence-corrected chi connectivity index (χ3v) is 7.45. The number of nitrogens with one attached hydrogen (secondary N) is 3. The van der Waals surface area contributed by atoms with Crippen LogP contribution in [0.4, 0.5) is 5.69 Å². The summed E-state index contributed by atoms with van der Waals surface area (Å²) in [4.78, 5) is 60.6. The predicted molar refractivity (Wildman–Crippen MR) is 184 cm³/mol. The summed E-state index contributed by atoms with van der Waals surface area (Å²) in [7, 11) is 0. The highest BCUT2D eigenvalue weighted by Crippen LogP contribution is 2.21. The number of carbonyl (C=O) groups is 4. The van der Waals surface area contributed by atoms with Crippen LogP contribution in [0.5, 0.6) is 0 Å². The van der Waals surface area contributed by atoms with Gasteiger partial charge in [-0.05, 0) is 55.4 Å². The molecule has 2 aromatic carbocycles. The summed E-state index contributed by atoms with van der Waals surface area (Å²) < 4.78 is 0. The fraction of sp³-hybridized carbons (Fsp3) is 0.424. The number of carbonyl (C=O) groups excluding carboxylic acids is 4. The van der Waals surface area contributed by atoms with Gasteiger partial charge in [0.15, 0.2) is 17.7 Å². The summed E-state index contributed by atoms with van der Waals surface area (Å²) in [6.45, 7) is 5.53. The van der Waals surface area contributed by atoms with E-state index in [1.165, 1.54) is 6.92 Å². The van der Waals surface area contributed by atoms with Crippen molar-refractivity contribution in [1.29, 1.82) is 5.41 Å². The molecule has 47 heavy (non-hydrogen) atoms. The molecule has 0 fully saturated rings. The zero-order valence-electron chi connectivity index (χ0n) is 27.3. The number of ketones is 2. The van der Waals surface area contributed by atoms with Gasteiger partial charge in [-0.3, -0.25) is 24.8 Å². The smallest absolute Gasteiger partial charge is 0.224 e. The van der Waals surface area contributed by atoms with E-state index in [0.717, 1.165) is 11.1 Å². The van der Waals surface area contributed by atoms with Crippen molar-refractivity contribution in [2.24, 2.45) is 56.4 Å². The average Bonchev–Trinajstić information content (AvgIpc) is 2.99. The van der Waals surface area contributed by atoms with E-state index in [-0.39, 0.29) is 67.0 Å². The van der Waals surface area contributed by atoms with E-state index in [0.29, 0.717) is 30.6 Å². The Morgan fingerprint density at radius 2 is 1.43 bits per heavy atom. The molecule has 14 heteroatoms. The van der Waals surface area contributed by atoms with Gasteiger partial charge in [0, 0.05) is 43.3 Å². The topological polar surface area (TPSA) is 271 Å². The largest absolute Gasteiger partial charge is 0.384 e. The number of amidine groups is 1. The molecule has 254 valence electrons. The van der Waals surface area contributed by atoms with Crippen LogP contribution in [0.15, 0.2) is 58.5 Å². The van der Waals surface area contributed by atoms with Crippen LogP contribution < -0.4 is 39.3 Å². The van der Waals surface area contributed by atoms with E-state index in [4.69, 9.17) is 34.1 Å². The first-order valence-corrected chi connectivity index (χ1v) is 15.4. The van der Waals surface area contributed by atoms with Crippen LogP contribution in [-0.2, 0) is 32.1 Å². The Labute approximate surface area is 275 Å². The molecule has 0 radical (unpaired) electrons. The van der Waals surface area contributed by atoms with Crippen LogP contribution >= 0.6 is 0 Å². The summed E-state index contributed by atoms with van der Waals surface area (Å²) >= 11 is 0. The minimum absolute atomic E-state index is 0.0148. The Bertz CT molecular complexity index is 1440. The molecule has 2 amide bonds. The SMILES string of the molecule is CC(=O)C[C@@H](CCCN=C(N)N)C(=O)N[C@H](C(=O)C[C@@H](Cc1ccc(N=C(N)N)cc1)C(=O)NCc1ccc(C(=N)N)cc1)C(C)C. The molecular formula is C33H48N10O4. The minimum atomic E-state index is -0.881. The third kappa shape index (κ3) is 13.7. The Morgan fingerprint density at radius 3 is 1.96 bits per heavy atom. The Kier molecular flexibility index (Phi) is 15.0. The number of hydrogen-bond acceptors (Lipinski definition) is 7. The maximum absolute atomic E-state index is 13.8. The van der Waals surface area contributed by atoms with Crippen molar-refractivity contribution < 1.29 is 19.2 Å². The average molecular weight is 649 g/mol. The number of nitrogens with zero attached hydrogens (tertiary/aromatic N) is 2. The van der Waals surface area contributed by atoms with Gasteiger partial charge in [0.25, 0.3) is 0 Å². The molecule has 2 aromatic rings. The van der Waals surface area contributed by atoms with Gasteiger partial charge < -0.3 is 44.1 Å². The summed E-state index contributed by atoms with van der Waals surface area (Å²) in [5, 5.41) is 13.3. The second-order valence-corrected chi connectivity index (χ2v) is 11.9. The molecular weight excluding hydrogens is 600 g/mol. The molecule has 3 atom stereocenters. The fourth-order valence-corrected chi connectivity index (χ4v) is 5.01. The number of hydrogen-bond donors (Lipinski definition) is 8. The fourth-order valence-electron chi connectivity index (χ4n) is 5.01. The van der Waals surface area contributed by atoms with Crippen molar-refractivity contribution in [3.63, 3.8) is 0 Å². The third-order valence-electron chi connectivity index (χ3n) is 7.45. The molecule has 14 nitrogen and oxygen atoms in total. The predicted octanol–water partition coefficient (Wildman–Crippen LogP) is 1.10. The van der Waals surface area contributed by atoms with Gasteiger partial charge >= 0.3 is 0 Å². The zero-order valence-corrected chi connectivity index (χ0v) is 27.3. The van der Waals surface area contributed by atoms with Gasteiger partial charge in [0.1, 0.15) is 11.6 Å². The summed E-state index contributed by atoms with van der Waals surface area (Å²) in [5.74, 6) is -3.13. The van der Waals surface area contributed by atoms with E-state index in [2.05, 4.69) is 20.6 Å². The molecule has 0 aromatic heterocycles. The second kappa shape index (κ2) is 18.6. The highest BCUT2D eigenvalue weighted by atomic mass is 16.2. The van der Waals surface area contributed by atoms with Crippen LogP contribution in [0, 0.1) is 23.2 Å². The van der Waals surface area contributed by atoms with Crippen LogP contribution in [0.1, 0.15) is 63.1 Å². The molecule has 0 aliphatic carbocycles. The maximum Gasteiger partial charge on any atom is 0.224 e. The lowest BCUT2D eigenvalue weighted by Crippen LogP contribution is -2.48. The second-order valence-electron chi connectivity index (χ2n) is 11.9. The number of amides is 2.